The van der Waals surface area contributed by atoms with Gasteiger partial charge in [-0.05, 0) is 93.9 Å². The number of carbonyl (C=O) groups excluding carboxylic acids is 11. The van der Waals surface area contributed by atoms with Gasteiger partial charge in [0.05, 0.1) is 6.54 Å². The number of carbonyl (C=O) groups is 11. The van der Waals surface area contributed by atoms with Crippen LogP contribution >= 0.6 is 0 Å². The largest absolute Gasteiger partial charge is 0.343 e. The molecule has 6 N–H and O–H groups in total. The summed E-state index contributed by atoms with van der Waals surface area (Å²) in [6.45, 7) is 25.9. The Morgan fingerprint density at radius 2 is 1.01 bits per heavy atom. The summed E-state index contributed by atoms with van der Waals surface area (Å²) in [4.78, 5) is 160. The number of likely N-dealkylation sites (N-methyl/N-ethyl adjacent to an activating group) is 6. The molecule has 1 rings (SSSR count). The number of hydrogen-bond acceptors (Lipinski definition) is 12. The van der Waals surface area contributed by atoms with Crippen molar-refractivity contribution in [3.8, 4) is 0 Å². The molecule has 1 fully saturated rings. The molecule has 0 radical (unpaired) electrons. The van der Waals surface area contributed by atoms with E-state index in [1.807, 2.05) is 62.3 Å². The van der Waals surface area contributed by atoms with Crippen LogP contribution in [0.25, 0.3) is 0 Å². The highest BCUT2D eigenvalue weighted by molar-refractivity contribution is 6.00. The van der Waals surface area contributed by atoms with E-state index >= 15 is 0 Å². The van der Waals surface area contributed by atoms with E-state index in [9.17, 15) is 52.7 Å². The molecule has 1 saturated heterocycles. The van der Waals surface area contributed by atoms with Crippen molar-refractivity contribution in [1.82, 2.24) is 61.3 Å². The second kappa shape index (κ2) is 33.8. The Bertz CT molecular complexity index is 2120. The van der Waals surface area contributed by atoms with E-state index in [2.05, 4.69) is 31.9 Å². The molecule has 0 spiro atoms. The number of urea groups is 1. The summed E-state index contributed by atoms with van der Waals surface area (Å²) in [5, 5.41) is 16.1. The van der Waals surface area contributed by atoms with Gasteiger partial charge in [0.2, 0.25) is 59.1 Å². The molecule has 1 aliphatic rings. The van der Waals surface area contributed by atoms with Crippen molar-refractivity contribution in [3.63, 3.8) is 0 Å². The van der Waals surface area contributed by atoms with E-state index in [4.69, 9.17) is 0 Å². The minimum absolute atomic E-state index is 0.0555. The topological polar surface area (TPSA) is 279 Å². The summed E-state index contributed by atoms with van der Waals surface area (Å²) < 4.78 is 0. The average Bonchev–Trinajstić information content (AvgIpc) is 3.81. The normalized spacial score (nSPS) is 17.3. The van der Waals surface area contributed by atoms with Gasteiger partial charge in [-0.1, -0.05) is 90.0 Å². The maximum absolute atomic E-state index is 14.7. The van der Waals surface area contributed by atoms with E-state index < -0.39 is 120 Å². The maximum Gasteiger partial charge on any atom is 0.321 e. The fraction of sp³-hybridized carbons (Fsp3) is 0.807. The lowest BCUT2D eigenvalue weighted by atomic mass is 9.93. The van der Waals surface area contributed by atoms with Crippen LogP contribution in [0, 0.1) is 35.5 Å². The molecule has 0 aromatic rings. The SMILES string of the molecule is CC[C@H](NC(=O)[C@H]([C@H]1NCC[C@H]1C)N(C)C(=O)[C@H](CC)N(C)C(=O)[C@H](CC(C)C)N(C)C(=O)CCC(C)C)C(=O)N(C)CC(=O)N(C)[C@@H](CC(C)C)C(=O)N[C@H](C(=O)N(C)[C@@H](CC(C)C)C(=O)N[C@H](C)C(=O)NC(=O)NC)C(C)C. The third-order valence-electron chi connectivity index (χ3n) is 15.1. The van der Waals surface area contributed by atoms with Crippen molar-refractivity contribution in [1.29, 1.82) is 0 Å². The quantitative estimate of drug-likeness (QED) is 0.0585. The molecule has 0 aliphatic carbocycles. The van der Waals surface area contributed by atoms with Crippen LogP contribution in [0.2, 0.25) is 0 Å². The molecule has 0 saturated carbocycles. The van der Waals surface area contributed by atoms with Crippen molar-refractivity contribution in [2.24, 2.45) is 35.5 Å². The van der Waals surface area contributed by atoms with Crippen molar-refractivity contribution >= 4 is 65.1 Å². The first kappa shape index (κ1) is 72.1. The van der Waals surface area contributed by atoms with E-state index in [0.29, 0.717) is 25.3 Å². The second-order valence-corrected chi connectivity index (χ2v) is 24.0. The van der Waals surface area contributed by atoms with Crippen LogP contribution in [0.4, 0.5) is 4.79 Å². The van der Waals surface area contributed by atoms with Crippen LogP contribution in [0.1, 0.15) is 148 Å². The fourth-order valence-electron chi connectivity index (χ4n) is 9.87. The first-order valence-corrected chi connectivity index (χ1v) is 28.8. The van der Waals surface area contributed by atoms with Crippen LogP contribution in [-0.2, 0) is 47.9 Å². The smallest absolute Gasteiger partial charge is 0.321 e. The van der Waals surface area contributed by atoms with E-state index in [1.54, 1.807) is 41.8 Å². The zero-order valence-corrected chi connectivity index (χ0v) is 52.4. The average molecular weight is 1130 g/mol. The third kappa shape index (κ3) is 21.2. The van der Waals surface area contributed by atoms with E-state index in [0.717, 1.165) is 6.42 Å². The Kier molecular flexibility index (Phi) is 30.5. The molecule has 10 atom stereocenters. The fourth-order valence-corrected chi connectivity index (χ4v) is 9.87. The van der Waals surface area contributed by atoms with Gasteiger partial charge in [-0.2, -0.15) is 0 Å². The molecule has 458 valence electrons. The lowest BCUT2D eigenvalue weighted by Crippen LogP contribution is -2.63. The number of nitrogens with one attached hydrogen (secondary N) is 6. The molecule has 0 aromatic carbocycles. The Morgan fingerprint density at radius 3 is 1.48 bits per heavy atom. The maximum atomic E-state index is 14.7. The summed E-state index contributed by atoms with van der Waals surface area (Å²) in [6.07, 6.45) is 2.78. The van der Waals surface area contributed by atoms with Crippen molar-refractivity contribution in [2.75, 3.05) is 62.4 Å². The first-order valence-electron chi connectivity index (χ1n) is 28.8. The Morgan fingerprint density at radius 1 is 0.525 bits per heavy atom. The third-order valence-corrected chi connectivity index (χ3v) is 15.1. The van der Waals surface area contributed by atoms with Gasteiger partial charge in [0.15, 0.2) is 0 Å². The molecular weight excluding hydrogens is 1030 g/mol. The number of amides is 12. The van der Waals surface area contributed by atoms with Gasteiger partial charge in [0, 0.05) is 61.8 Å². The van der Waals surface area contributed by atoms with Gasteiger partial charge < -0.3 is 56.0 Å². The highest BCUT2D eigenvalue weighted by atomic mass is 16.2. The predicted molar refractivity (Wildman–Crippen MR) is 308 cm³/mol. The molecule has 1 aliphatic heterocycles. The number of hydrogen-bond donors (Lipinski definition) is 6. The second-order valence-electron chi connectivity index (χ2n) is 24.0. The summed E-state index contributed by atoms with van der Waals surface area (Å²) in [6, 6.07) is -9.75. The number of nitrogens with zero attached hydrogens (tertiary/aromatic N) is 6. The standard InChI is InChI=1S/C57H104N12O11/c1-22-39(61-52(75)48(47-37(13)26-27-59-47)69(21)54(77)40(23-2)67(19)55(78)43(30-35(9)10)66(18)44(70)25-24-32(3)4)53(76)64(16)31-45(71)65(17)41(28-33(5)6)51(74)62-46(36(11)12)56(79)68(20)42(29-34(7)8)50(73)60-38(14)49(72)63-57(80)58-15/h32-43,46-48,59H,22-31H2,1-21H3,(H,60,73)(H,61,75)(H,62,74)(H2,58,63,72,80)/t37-,38-,39+,40+,41+,42+,43+,46+,47+,48+/m1/s1. The van der Waals surface area contributed by atoms with Gasteiger partial charge in [0.1, 0.15) is 48.3 Å². The number of rotatable bonds is 31. The number of imide groups is 1. The first-order chi connectivity index (χ1) is 37.1. The lowest BCUT2D eigenvalue weighted by Gasteiger charge is -2.39. The summed E-state index contributed by atoms with van der Waals surface area (Å²) in [5.41, 5.74) is 0. The molecule has 0 unspecified atom stereocenters. The van der Waals surface area contributed by atoms with E-state index in [-0.39, 0.29) is 67.6 Å². The van der Waals surface area contributed by atoms with Crippen LogP contribution in [0.3, 0.4) is 0 Å². The molecule has 1 heterocycles. The Labute approximate surface area is 478 Å². The highest BCUT2D eigenvalue weighted by Crippen LogP contribution is 2.25. The zero-order chi connectivity index (χ0) is 61.8. The van der Waals surface area contributed by atoms with Gasteiger partial charge >= 0.3 is 6.03 Å². The van der Waals surface area contributed by atoms with Gasteiger partial charge in [-0.15, -0.1) is 0 Å². The lowest BCUT2D eigenvalue weighted by molar-refractivity contribution is -0.153. The van der Waals surface area contributed by atoms with Gasteiger partial charge in [-0.3, -0.25) is 53.3 Å². The summed E-state index contributed by atoms with van der Waals surface area (Å²) >= 11 is 0. The van der Waals surface area contributed by atoms with Crippen molar-refractivity contribution in [2.45, 2.75) is 203 Å². The predicted octanol–water partition coefficient (Wildman–Crippen LogP) is 2.56. The monoisotopic (exact) mass is 1130 g/mol. The minimum Gasteiger partial charge on any atom is -0.343 e. The van der Waals surface area contributed by atoms with Crippen LogP contribution in [0.5, 0.6) is 0 Å². The Hall–Kier alpha value is -5.87. The molecule has 12 amide bonds. The Balaban J connectivity index is 3.44. The summed E-state index contributed by atoms with van der Waals surface area (Å²) in [7, 11) is 10.3. The van der Waals surface area contributed by atoms with Crippen molar-refractivity contribution in [3.05, 3.63) is 0 Å². The molecule has 23 heteroatoms. The van der Waals surface area contributed by atoms with Crippen LogP contribution in [0.15, 0.2) is 0 Å². The molecular formula is C57H104N12O11. The zero-order valence-electron chi connectivity index (χ0n) is 52.4. The highest BCUT2D eigenvalue weighted by Gasteiger charge is 2.45. The van der Waals surface area contributed by atoms with Crippen LogP contribution in [-0.4, -0.2) is 211 Å². The van der Waals surface area contributed by atoms with Crippen molar-refractivity contribution < 1.29 is 52.7 Å². The molecule has 0 bridgehead atoms. The summed E-state index contributed by atoms with van der Waals surface area (Å²) in [5.74, 6) is -5.83. The van der Waals surface area contributed by atoms with Crippen LogP contribution < -0.4 is 31.9 Å². The molecule has 80 heavy (non-hydrogen) atoms. The molecule has 23 nitrogen and oxygen atoms in total. The van der Waals surface area contributed by atoms with Gasteiger partial charge in [-0.25, -0.2) is 4.79 Å². The molecule has 0 aromatic heterocycles. The minimum atomic E-state index is -1.15. The van der Waals surface area contributed by atoms with E-state index in [1.165, 1.54) is 71.6 Å². The van der Waals surface area contributed by atoms with Gasteiger partial charge in [0.25, 0.3) is 0 Å².